The van der Waals surface area contributed by atoms with Crippen molar-refractivity contribution in [2.75, 3.05) is 13.7 Å². The summed E-state index contributed by atoms with van der Waals surface area (Å²) in [4.78, 5) is 19.2. The fourth-order valence-corrected chi connectivity index (χ4v) is 6.39. The van der Waals surface area contributed by atoms with Gasteiger partial charge in [-0.1, -0.05) is 58.6 Å². The third-order valence-electron chi connectivity index (χ3n) is 6.36. The molecule has 0 saturated carbocycles. The SMILES string of the molecule is COC1[C@@H](Sc2cncc(C#N)c2)OC2COC(c3ccccc3)O[C@@H]2[C@@H]1n1cc(-c2csc(=O)[nH]2)nn1. The van der Waals surface area contributed by atoms with Gasteiger partial charge in [-0.25, -0.2) is 4.68 Å². The molecule has 2 saturated heterocycles. The molecule has 2 fully saturated rings. The van der Waals surface area contributed by atoms with Crippen molar-refractivity contribution in [2.45, 2.75) is 41.0 Å². The molecule has 1 aromatic carbocycles. The van der Waals surface area contributed by atoms with Crippen LogP contribution < -0.4 is 4.87 Å². The van der Waals surface area contributed by atoms with E-state index in [0.717, 1.165) is 21.8 Å². The first kappa shape index (κ1) is 24.9. The van der Waals surface area contributed by atoms with E-state index in [-0.39, 0.29) is 4.87 Å². The second-order valence-corrected chi connectivity index (χ2v) is 10.7. The van der Waals surface area contributed by atoms with Crippen molar-refractivity contribution in [1.82, 2.24) is 25.0 Å². The van der Waals surface area contributed by atoms with Gasteiger partial charge in [-0.2, -0.15) is 5.26 Å². The Morgan fingerprint density at radius 1 is 1.26 bits per heavy atom. The molecule has 0 radical (unpaired) electrons. The van der Waals surface area contributed by atoms with E-state index in [0.29, 0.717) is 23.6 Å². The molecular formula is C25H22N6O5S2. The van der Waals surface area contributed by atoms with Gasteiger partial charge in [0.05, 0.1) is 24.1 Å². The lowest BCUT2D eigenvalue weighted by Crippen LogP contribution is -2.59. The molecule has 194 valence electrons. The predicted molar refractivity (Wildman–Crippen MR) is 137 cm³/mol. The lowest BCUT2D eigenvalue weighted by Gasteiger charge is -2.48. The van der Waals surface area contributed by atoms with Crippen LogP contribution in [0.3, 0.4) is 0 Å². The van der Waals surface area contributed by atoms with Crippen LogP contribution in [0.5, 0.6) is 0 Å². The standard InChI is InChI=1S/C25H22N6O5S2/c1-33-22-20(31-11-17(29-30-31)18-13-37-25(32)28-18)21-19(12-34-23(36-21)15-5-3-2-4-6-15)35-24(22)38-16-7-14(8-26)9-27-10-16/h2-7,9-11,13,19-24H,12H2,1H3,(H,28,32)/t19?,20-,21-,22?,23?,24+/m0/s1. The Labute approximate surface area is 225 Å². The van der Waals surface area contributed by atoms with Crippen LogP contribution in [0, 0.1) is 11.3 Å². The summed E-state index contributed by atoms with van der Waals surface area (Å²) in [6.07, 6.45) is 2.96. The Morgan fingerprint density at radius 2 is 2.13 bits per heavy atom. The van der Waals surface area contributed by atoms with Gasteiger partial charge in [-0.05, 0) is 6.07 Å². The van der Waals surface area contributed by atoms with Gasteiger partial charge in [0.15, 0.2) is 6.29 Å². The summed E-state index contributed by atoms with van der Waals surface area (Å²) in [5.41, 5.74) is 1.97. The number of rotatable bonds is 6. The molecular weight excluding hydrogens is 528 g/mol. The topological polar surface area (TPSA) is 137 Å². The monoisotopic (exact) mass is 550 g/mol. The molecule has 4 aromatic rings. The molecule has 2 aliphatic rings. The van der Waals surface area contributed by atoms with Crippen LogP contribution in [0.15, 0.2) is 70.1 Å². The van der Waals surface area contributed by atoms with E-state index in [1.165, 1.54) is 18.0 Å². The number of benzene rings is 1. The lowest BCUT2D eigenvalue weighted by molar-refractivity contribution is -0.308. The number of nitrogens with one attached hydrogen (secondary N) is 1. The van der Waals surface area contributed by atoms with Gasteiger partial charge in [0, 0.05) is 35.3 Å². The Bertz CT molecular complexity index is 1500. The van der Waals surface area contributed by atoms with Gasteiger partial charge < -0.3 is 23.9 Å². The highest BCUT2D eigenvalue weighted by Gasteiger charge is 2.52. The molecule has 6 atom stereocenters. The quantitative estimate of drug-likeness (QED) is 0.381. The van der Waals surface area contributed by atoms with Crippen LogP contribution in [-0.4, -0.2) is 62.4 Å². The summed E-state index contributed by atoms with van der Waals surface area (Å²) < 4.78 is 26.8. The van der Waals surface area contributed by atoms with Gasteiger partial charge in [-0.15, -0.1) is 5.10 Å². The molecule has 38 heavy (non-hydrogen) atoms. The molecule has 0 bridgehead atoms. The van der Waals surface area contributed by atoms with Crippen LogP contribution >= 0.6 is 23.1 Å². The Hall–Kier alpha value is -3.38. The molecule has 11 nitrogen and oxygen atoms in total. The van der Waals surface area contributed by atoms with E-state index in [9.17, 15) is 10.1 Å². The summed E-state index contributed by atoms with van der Waals surface area (Å²) in [6.45, 7) is 0.296. The second kappa shape index (κ2) is 10.8. The molecule has 0 amide bonds. The summed E-state index contributed by atoms with van der Waals surface area (Å²) >= 11 is 2.47. The zero-order valence-corrected chi connectivity index (χ0v) is 21.7. The van der Waals surface area contributed by atoms with Gasteiger partial charge in [-0.3, -0.25) is 9.78 Å². The van der Waals surface area contributed by atoms with E-state index in [1.54, 1.807) is 35.6 Å². The first-order valence-corrected chi connectivity index (χ1v) is 13.5. The zero-order valence-electron chi connectivity index (χ0n) is 20.0. The van der Waals surface area contributed by atoms with Gasteiger partial charge in [0.2, 0.25) is 0 Å². The lowest BCUT2D eigenvalue weighted by atomic mass is 9.95. The van der Waals surface area contributed by atoms with Crippen LogP contribution in [-0.2, 0) is 18.9 Å². The summed E-state index contributed by atoms with van der Waals surface area (Å²) in [7, 11) is 1.61. The first-order valence-electron chi connectivity index (χ1n) is 11.7. The minimum absolute atomic E-state index is 0.168. The molecule has 2 aliphatic heterocycles. The van der Waals surface area contributed by atoms with Crippen molar-refractivity contribution in [1.29, 1.82) is 5.26 Å². The number of pyridine rings is 1. The van der Waals surface area contributed by atoms with E-state index in [4.69, 9.17) is 18.9 Å². The second-order valence-electron chi connectivity index (χ2n) is 8.70. The van der Waals surface area contributed by atoms with Gasteiger partial charge in [0.25, 0.3) is 0 Å². The molecule has 3 aromatic heterocycles. The summed E-state index contributed by atoms with van der Waals surface area (Å²) in [6, 6.07) is 13.1. The van der Waals surface area contributed by atoms with E-state index >= 15 is 0 Å². The number of thioether (sulfide) groups is 1. The van der Waals surface area contributed by atoms with Crippen LogP contribution in [0.2, 0.25) is 0 Å². The predicted octanol–water partition coefficient (Wildman–Crippen LogP) is 3.15. The van der Waals surface area contributed by atoms with Crippen molar-refractivity contribution in [3.63, 3.8) is 0 Å². The highest BCUT2D eigenvalue weighted by Crippen LogP contribution is 2.44. The number of nitrogens with zero attached hydrogens (tertiary/aromatic N) is 5. The first-order chi connectivity index (χ1) is 18.6. The fourth-order valence-electron chi connectivity index (χ4n) is 4.62. The number of fused-ring (bicyclic) bond motifs is 1. The smallest absolute Gasteiger partial charge is 0.304 e. The third kappa shape index (κ3) is 4.90. The van der Waals surface area contributed by atoms with Crippen molar-refractivity contribution in [3.8, 4) is 17.5 Å². The molecule has 6 rings (SSSR count). The van der Waals surface area contributed by atoms with E-state index in [1.807, 2.05) is 30.3 Å². The molecule has 1 N–H and O–H groups in total. The van der Waals surface area contributed by atoms with Crippen molar-refractivity contribution in [3.05, 3.63) is 81.2 Å². The maximum absolute atomic E-state index is 11.7. The van der Waals surface area contributed by atoms with Gasteiger partial charge in [0.1, 0.15) is 41.6 Å². The van der Waals surface area contributed by atoms with Crippen LogP contribution in [0.4, 0.5) is 0 Å². The maximum atomic E-state index is 11.7. The number of methoxy groups -OCH3 is 1. The molecule has 3 unspecified atom stereocenters. The largest absolute Gasteiger partial charge is 0.375 e. The van der Waals surface area contributed by atoms with Crippen molar-refractivity contribution in [2.24, 2.45) is 0 Å². The fraction of sp³-hybridized carbons (Fsp3) is 0.320. The number of hydrogen-bond donors (Lipinski definition) is 1. The number of H-pyrrole nitrogens is 1. The molecule has 5 heterocycles. The van der Waals surface area contributed by atoms with Crippen molar-refractivity contribution < 1.29 is 18.9 Å². The number of hydrogen-bond acceptors (Lipinski definition) is 11. The number of nitriles is 1. The maximum Gasteiger partial charge on any atom is 0.304 e. The highest BCUT2D eigenvalue weighted by molar-refractivity contribution is 7.99. The van der Waals surface area contributed by atoms with E-state index < -0.39 is 36.1 Å². The minimum atomic E-state index is -0.585. The average molecular weight is 551 g/mol. The Balaban J connectivity index is 1.36. The van der Waals surface area contributed by atoms with Gasteiger partial charge >= 0.3 is 4.87 Å². The average Bonchev–Trinajstić information content (AvgIpc) is 3.62. The highest BCUT2D eigenvalue weighted by atomic mass is 32.2. The number of aromatic nitrogens is 5. The van der Waals surface area contributed by atoms with Crippen LogP contribution in [0.1, 0.15) is 23.5 Å². The zero-order chi connectivity index (χ0) is 26.1. The summed E-state index contributed by atoms with van der Waals surface area (Å²) in [5, 5.41) is 19.7. The van der Waals surface area contributed by atoms with Crippen molar-refractivity contribution >= 4 is 23.1 Å². The Morgan fingerprint density at radius 3 is 2.89 bits per heavy atom. The normalized spacial score (nSPS) is 26.9. The van der Waals surface area contributed by atoms with E-state index in [2.05, 4.69) is 26.3 Å². The van der Waals surface area contributed by atoms with Crippen LogP contribution in [0.25, 0.3) is 11.4 Å². The number of thiazole rings is 1. The molecule has 0 aliphatic carbocycles. The number of ether oxygens (including phenoxy) is 4. The minimum Gasteiger partial charge on any atom is -0.375 e. The molecule has 0 spiro atoms. The third-order valence-corrected chi connectivity index (χ3v) is 8.14. The summed E-state index contributed by atoms with van der Waals surface area (Å²) in [5.74, 6) is 0. The Kier molecular flexibility index (Phi) is 7.07. The molecule has 13 heteroatoms. The number of aromatic amines is 1.